The molecule has 3 N–H and O–H groups in total. The molecule has 0 amide bonds. The number of halogens is 4. The number of carbonyl (C=O) groups is 1. The molecule has 0 radical (unpaired) electrons. The Kier molecular flexibility index (Phi) is 5.00. The van der Waals surface area contributed by atoms with Gasteiger partial charge in [-0.05, 0) is 36.8 Å². The number of ether oxygens (including phenoxy) is 1. The van der Waals surface area contributed by atoms with E-state index >= 15 is 0 Å². The van der Waals surface area contributed by atoms with Gasteiger partial charge in [0.2, 0.25) is 0 Å². The first-order chi connectivity index (χ1) is 11.1. The molecule has 1 aromatic carbocycles. The fourth-order valence-corrected chi connectivity index (χ4v) is 2.77. The summed E-state index contributed by atoms with van der Waals surface area (Å²) in [4.78, 5) is 12.1. The highest BCUT2D eigenvalue weighted by Gasteiger charge is 2.66. The molecule has 1 fully saturated rings. The third-order valence-electron chi connectivity index (χ3n) is 3.58. The fourth-order valence-electron chi connectivity index (χ4n) is 2.48. The average molecular weight is 366 g/mol. The molecule has 132 valence electrons. The van der Waals surface area contributed by atoms with E-state index in [4.69, 9.17) is 12.2 Å². The van der Waals surface area contributed by atoms with Crippen LogP contribution < -0.4 is 10.6 Å². The van der Waals surface area contributed by atoms with E-state index in [-0.39, 0.29) is 12.2 Å². The van der Waals surface area contributed by atoms with Crippen LogP contribution in [0.3, 0.4) is 0 Å². The summed E-state index contributed by atoms with van der Waals surface area (Å²) >= 11 is 4.72. The summed E-state index contributed by atoms with van der Waals surface area (Å²) < 4.78 is 58.1. The Morgan fingerprint density at radius 3 is 2.46 bits per heavy atom. The molecule has 1 aromatic rings. The van der Waals surface area contributed by atoms with Gasteiger partial charge in [-0.25, -0.2) is 4.39 Å². The third kappa shape index (κ3) is 3.29. The fraction of sp³-hybridized carbons (Fsp3) is 0.429. The van der Waals surface area contributed by atoms with Gasteiger partial charge in [0, 0.05) is 0 Å². The summed E-state index contributed by atoms with van der Waals surface area (Å²) in [5.41, 5.74) is -3.48. The second-order valence-corrected chi connectivity index (χ2v) is 5.53. The minimum atomic E-state index is -5.21. The van der Waals surface area contributed by atoms with Gasteiger partial charge < -0.3 is 20.5 Å². The molecule has 1 heterocycles. The molecule has 0 aliphatic carbocycles. The highest BCUT2D eigenvalue weighted by Crippen LogP contribution is 2.43. The van der Waals surface area contributed by atoms with Crippen LogP contribution in [0.4, 0.5) is 17.6 Å². The Hall–Kier alpha value is -1.94. The number of carbonyl (C=O) groups excluding carboxylic acids is 1. The summed E-state index contributed by atoms with van der Waals surface area (Å²) in [6.45, 7) is 1.25. The van der Waals surface area contributed by atoms with Crippen molar-refractivity contribution in [2.75, 3.05) is 6.61 Å². The summed E-state index contributed by atoms with van der Waals surface area (Å²) in [6.07, 6.45) is -5.21. The Bertz CT molecular complexity index is 638. The second-order valence-electron chi connectivity index (χ2n) is 5.12. The molecule has 0 aromatic heterocycles. The van der Waals surface area contributed by atoms with Gasteiger partial charge in [0.25, 0.3) is 5.72 Å². The zero-order chi connectivity index (χ0) is 18.1. The molecule has 1 aliphatic heterocycles. The lowest BCUT2D eigenvalue weighted by molar-refractivity contribution is -0.292. The van der Waals surface area contributed by atoms with Gasteiger partial charge in [-0.2, -0.15) is 13.2 Å². The van der Waals surface area contributed by atoms with E-state index in [2.05, 4.69) is 10.1 Å². The Morgan fingerprint density at radius 2 is 1.96 bits per heavy atom. The molecule has 5 nitrogen and oxygen atoms in total. The molecule has 0 saturated carbocycles. The second kappa shape index (κ2) is 6.52. The average Bonchev–Trinajstić information content (AvgIpc) is 2.46. The zero-order valence-corrected chi connectivity index (χ0v) is 13.2. The van der Waals surface area contributed by atoms with Crippen LogP contribution in [0.1, 0.15) is 18.5 Å². The highest BCUT2D eigenvalue weighted by molar-refractivity contribution is 7.80. The predicted molar refractivity (Wildman–Crippen MR) is 79.1 cm³/mol. The van der Waals surface area contributed by atoms with Gasteiger partial charge in [-0.3, -0.25) is 4.79 Å². The number of thiocarbonyl (C=S) groups is 1. The van der Waals surface area contributed by atoms with E-state index in [0.29, 0.717) is 0 Å². The van der Waals surface area contributed by atoms with Crippen molar-refractivity contribution in [2.24, 2.45) is 5.92 Å². The molecule has 1 aliphatic rings. The van der Waals surface area contributed by atoms with Gasteiger partial charge >= 0.3 is 12.1 Å². The van der Waals surface area contributed by atoms with Gasteiger partial charge in [0.1, 0.15) is 11.7 Å². The molecule has 1 saturated heterocycles. The van der Waals surface area contributed by atoms with Gasteiger partial charge in [0.05, 0.1) is 12.6 Å². The molecule has 10 heteroatoms. The Labute approximate surface area is 140 Å². The normalized spacial score (nSPS) is 27.2. The van der Waals surface area contributed by atoms with Crippen LogP contribution in [0.15, 0.2) is 24.3 Å². The van der Waals surface area contributed by atoms with Crippen molar-refractivity contribution in [3.8, 4) is 0 Å². The van der Waals surface area contributed by atoms with Crippen molar-refractivity contribution in [1.29, 1.82) is 0 Å². The maximum atomic E-state index is 13.4. The van der Waals surface area contributed by atoms with Gasteiger partial charge in [-0.15, -0.1) is 0 Å². The largest absolute Gasteiger partial charge is 0.466 e. The number of benzene rings is 1. The summed E-state index contributed by atoms with van der Waals surface area (Å²) in [6, 6.07) is 3.09. The Morgan fingerprint density at radius 1 is 1.38 bits per heavy atom. The molecule has 0 unspecified atom stereocenters. The van der Waals surface area contributed by atoms with Crippen molar-refractivity contribution in [3.05, 3.63) is 35.6 Å². The van der Waals surface area contributed by atoms with E-state index in [9.17, 15) is 27.5 Å². The standard InChI is InChI=1S/C14H14F4N2O3S/c1-2-23-11(21)9-10(7-3-5-8(15)6-4-7)19-12(24)20-13(9,22)14(16,17)18/h3-6,9-10,22H,2H2,1H3,(H2,19,20,24)/t9-,10-,13-/m0/s1. The smallest absolute Gasteiger partial charge is 0.437 e. The van der Waals surface area contributed by atoms with Gasteiger partial charge in [0.15, 0.2) is 5.11 Å². The van der Waals surface area contributed by atoms with E-state index in [0.717, 1.165) is 12.1 Å². The maximum Gasteiger partial charge on any atom is 0.437 e. The van der Waals surface area contributed by atoms with Crippen LogP contribution in [0, 0.1) is 11.7 Å². The molecule has 24 heavy (non-hydrogen) atoms. The maximum absolute atomic E-state index is 13.4. The summed E-state index contributed by atoms with van der Waals surface area (Å²) in [7, 11) is 0. The number of aliphatic hydroxyl groups is 1. The van der Waals surface area contributed by atoms with E-state index in [1.54, 1.807) is 5.32 Å². The number of esters is 1. The first-order valence-electron chi connectivity index (χ1n) is 6.90. The first-order valence-corrected chi connectivity index (χ1v) is 7.31. The van der Waals surface area contributed by atoms with Crippen molar-refractivity contribution < 1.29 is 32.2 Å². The number of alkyl halides is 3. The molecular weight excluding hydrogens is 352 g/mol. The number of hydrogen-bond donors (Lipinski definition) is 3. The molecule has 0 bridgehead atoms. The molecule has 2 rings (SSSR count). The van der Waals surface area contributed by atoms with Crippen LogP contribution in [0.2, 0.25) is 0 Å². The molecule has 3 atom stereocenters. The summed E-state index contributed by atoms with van der Waals surface area (Å²) in [5, 5.41) is 13.9. The van der Waals surface area contributed by atoms with Crippen molar-refractivity contribution >= 4 is 23.3 Å². The van der Waals surface area contributed by atoms with Crippen molar-refractivity contribution in [1.82, 2.24) is 10.6 Å². The number of rotatable bonds is 3. The minimum absolute atomic E-state index is 0.140. The minimum Gasteiger partial charge on any atom is -0.466 e. The predicted octanol–water partition coefficient (Wildman–Crippen LogP) is 1.77. The lowest BCUT2D eigenvalue weighted by Gasteiger charge is -2.45. The first kappa shape index (κ1) is 18.4. The lowest BCUT2D eigenvalue weighted by atomic mass is 9.82. The lowest BCUT2D eigenvalue weighted by Crippen LogP contribution is -2.73. The molecule has 0 spiro atoms. The van der Waals surface area contributed by atoms with Crippen LogP contribution >= 0.6 is 12.2 Å². The monoisotopic (exact) mass is 366 g/mol. The number of nitrogens with one attached hydrogen (secondary N) is 2. The highest BCUT2D eigenvalue weighted by atomic mass is 32.1. The Balaban J connectivity index is 2.55. The zero-order valence-electron chi connectivity index (χ0n) is 12.4. The molecular formula is C14H14F4N2O3S. The summed E-state index contributed by atoms with van der Waals surface area (Å²) in [5.74, 6) is -3.96. The van der Waals surface area contributed by atoms with Gasteiger partial charge in [-0.1, -0.05) is 12.1 Å². The number of hydrogen-bond acceptors (Lipinski definition) is 4. The van der Waals surface area contributed by atoms with Crippen molar-refractivity contribution in [2.45, 2.75) is 24.9 Å². The topological polar surface area (TPSA) is 70.6 Å². The SMILES string of the molecule is CCOC(=O)[C@@H]1[C@H](c2ccc(F)cc2)NC(=S)N[C@@]1(O)C(F)(F)F. The van der Waals surface area contributed by atoms with E-state index in [1.165, 1.54) is 19.1 Å². The quantitative estimate of drug-likeness (QED) is 0.430. The third-order valence-corrected chi connectivity index (χ3v) is 3.80. The van der Waals surface area contributed by atoms with Crippen molar-refractivity contribution in [3.63, 3.8) is 0 Å². The van der Waals surface area contributed by atoms with Crippen LogP contribution in [-0.2, 0) is 9.53 Å². The van der Waals surface area contributed by atoms with E-state index in [1.807, 2.05) is 0 Å². The van der Waals surface area contributed by atoms with Crippen LogP contribution in [0.5, 0.6) is 0 Å². The van der Waals surface area contributed by atoms with Crippen LogP contribution in [-0.4, -0.2) is 34.7 Å². The van der Waals surface area contributed by atoms with E-state index < -0.39 is 40.8 Å². The van der Waals surface area contributed by atoms with Crippen LogP contribution in [0.25, 0.3) is 0 Å².